The zero-order chi connectivity index (χ0) is 22.0. The molecule has 0 fully saturated rings. The van der Waals surface area contributed by atoms with Gasteiger partial charge in [0, 0.05) is 36.8 Å². The summed E-state index contributed by atoms with van der Waals surface area (Å²) >= 11 is 0. The van der Waals surface area contributed by atoms with E-state index in [1.54, 1.807) is 10.8 Å². The number of likely N-dealkylation sites (N-methyl/N-ethyl adjacent to an activating group) is 1. The van der Waals surface area contributed by atoms with E-state index < -0.39 is 0 Å². The van der Waals surface area contributed by atoms with E-state index in [2.05, 4.69) is 37.9 Å². The van der Waals surface area contributed by atoms with Crippen LogP contribution in [0.4, 0.5) is 0 Å². The van der Waals surface area contributed by atoms with E-state index >= 15 is 0 Å². The molecule has 0 spiro atoms. The van der Waals surface area contributed by atoms with Crippen LogP contribution in [0.3, 0.4) is 0 Å². The van der Waals surface area contributed by atoms with Gasteiger partial charge in [-0.1, -0.05) is 25.1 Å². The van der Waals surface area contributed by atoms with Crippen LogP contribution in [0.25, 0.3) is 21.8 Å². The van der Waals surface area contributed by atoms with Crippen molar-refractivity contribution in [3.8, 4) is 0 Å². The fourth-order valence-corrected chi connectivity index (χ4v) is 4.19. The van der Waals surface area contributed by atoms with Crippen molar-refractivity contribution in [1.29, 1.82) is 0 Å². The number of benzene rings is 1. The van der Waals surface area contributed by atoms with Gasteiger partial charge in [-0.25, -0.2) is 4.98 Å². The van der Waals surface area contributed by atoms with E-state index in [-0.39, 0.29) is 17.5 Å². The number of para-hydroxylation sites is 1. The summed E-state index contributed by atoms with van der Waals surface area (Å²) in [6.45, 7) is 14.4. The van der Waals surface area contributed by atoms with E-state index in [0.29, 0.717) is 35.6 Å². The molecule has 2 heterocycles. The molecule has 1 atom stereocenters. The Labute approximate surface area is 177 Å². The van der Waals surface area contributed by atoms with Crippen LogP contribution in [0.2, 0.25) is 0 Å². The summed E-state index contributed by atoms with van der Waals surface area (Å²) in [7, 11) is 0. The maximum absolute atomic E-state index is 13.2. The molecule has 0 aliphatic rings. The van der Waals surface area contributed by atoms with Gasteiger partial charge in [0.1, 0.15) is 0 Å². The summed E-state index contributed by atoms with van der Waals surface area (Å²) in [5.74, 6) is -0.200. The molecule has 1 unspecified atom stereocenters. The van der Waals surface area contributed by atoms with Crippen molar-refractivity contribution in [2.75, 3.05) is 13.1 Å². The lowest BCUT2D eigenvalue weighted by molar-refractivity contribution is 0.0928. The topological polar surface area (TPSA) is 67.2 Å². The molecule has 1 aromatic carbocycles. The maximum Gasteiger partial charge on any atom is 0.260 e. The zero-order valence-corrected chi connectivity index (χ0v) is 18.8. The third-order valence-corrected chi connectivity index (χ3v) is 5.82. The van der Waals surface area contributed by atoms with Crippen molar-refractivity contribution in [2.24, 2.45) is 0 Å². The van der Waals surface area contributed by atoms with Crippen LogP contribution in [-0.2, 0) is 6.54 Å². The Hall–Kier alpha value is -2.73. The number of nitrogens with one attached hydrogen (secondary N) is 1. The van der Waals surface area contributed by atoms with Crippen molar-refractivity contribution in [3.05, 3.63) is 51.9 Å². The Morgan fingerprint density at radius 1 is 1.20 bits per heavy atom. The average Bonchev–Trinajstić information content (AvgIpc) is 2.72. The minimum atomic E-state index is -0.200. The number of hydrogen-bond donors (Lipinski definition) is 1. The number of aromatic nitrogens is 2. The quantitative estimate of drug-likeness (QED) is 0.605. The lowest BCUT2D eigenvalue weighted by Gasteiger charge is -2.31. The summed E-state index contributed by atoms with van der Waals surface area (Å²) in [6, 6.07) is 8.36. The van der Waals surface area contributed by atoms with Gasteiger partial charge < -0.3 is 9.88 Å². The number of rotatable bonds is 7. The zero-order valence-electron chi connectivity index (χ0n) is 18.8. The molecule has 160 valence electrons. The molecule has 0 bridgehead atoms. The van der Waals surface area contributed by atoms with E-state index in [0.717, 1.165) is 23.0 Å². The molecule has 1 N–H and O–H groups in total. The average molecular weight is 409 g/mol. The Balaban J connectivity index is 2.05. The lowest BCUT2D eigenvalue weighted by Crippen LogP contribution is -2.45. The number of carbonyl (C=O) groups excluding carboxylic acids is 1. The molecule has 6 nitrogen and oxygen atoms in total. The molecule has 3 rings (SSSR count). The highest BCUT2D eigenvalue weighted by Crippen LogP contribution is 2.22. The molecule has 30 heavy (non-hydrogen) atoms. The fraction of sp³-hybridized carbons (Fsp3) is 0.458. The Morgan fingerprint density at radius 2 is 1.93 bits per heavy atom. The minimum Gasteiger partial charge on any atom is -0.350 e. The second-order valence-electron chi connectivity index (χ2n) is 8.15. The van der Waals surface area contributed by atoms with Crippen molar-refractivity contribution >= 4 is 27.7 Å². The number of nitrogens with zero attached hydrogens (tertiary/aromatic N) is 3. The molecular formula is C24H32N4O2. The number of amides is 1. The van der Waals surface area contributed by atoms with E-state index in [1.807, 2.05) is 38.1 Å². The molecule has 0 saturated heterocycles. The maximum atomic E-state index is 13.2. The van der Waals surface area contributed by atoms with E-state index in [9.17, 15) is 9.59 Å². The highest BCUT2D eigenvalue weighted by molar-refractivity contribution is 6.07. The van der Waals surface area contributed by atoms with Gasteiger partial charge in [0.05, 0.1) is 22.0 Å². The van der Waals surface area contributed by atoms with Gasteiger partial charge >= 0.3 is 0 Å². The van der Waals surface area contributed by atoms with Gasteiger partial charge in [-0.15, -0.1) is 0 Å². The van der Waals surface area contributed by atoms with Crippen LogP contribution < -0.4 is 10.9 Å². The Morgan fingerprint density at radius 3 is 2.57 bits per heavy atom. The van der Waals surface area contributed by atoms with Gasteiger partial charge in [0.2, 0.25) is 0 Å². The third kappa shape index (κ3) is 4.10. The minimum absolute atomic E-state index is 0.120. The van der Waals surface area contributed by atoms with Gasteiger partial charge in [-0.05, 0) is 52.8 Å². The predicted molar refractivity (Wildman–Crippen MR) is 123 cm³/mol. The second-order valence-corrected chi connectivity index (χ2v) is 8.15. The molecule has 6 heteroatoms. The Kier molecular flexibility index (Phi) is 6.56. The van der Waals surface area contributed by atoms with Crippen molar-refractivity contribution in [3.63, 3.8) is 0 Å². The number of fused-ring (bicyclic) bond motifs is 2. The number of pyridine rings is 2. The number of aryl methyl sites for hydroxylation is 2. The first-order valence-corrected chi connectivity index (χ1v) is 10.8. The van der Waals surface area contributed by atoms with Crippen LogP contribution >= 0.6 is 0 Å². The standard InChI is InChI=1S/C24H32N4O2/c1-7-27-14-20(23(29)25-13-17(6)28(8-2)15(3)4)22-19(24(27)30)12-18-11-9-10-16(5)21(18)26-22/h9-12,14-15,17H,7-8,13H2,1-6H3,(H,25,29). The van der Waals surface area contributed by atoms with Crippen LogP contribution in [0.5, 0.6) is 0 Å². The fourth-order valence-electron chi connectivity index (χ4n) is 4.19. The van der Waals surface area contributed by atoms with E-state index in [4.69, 9.17) is 4.98 Å². The molecule has 2 aromatic heterocycles. The lowest BCUT2D eigenvalue weighted by atomic mass is 10.1. The molecule has 0 aliphatic carbocycles. The summed E-state index contributed by atoms with van der Waals surface area (Å²) in [4.78, 5) is 33.2. The van der Waals surface area contributed by atoms with Crippen molar-refractivity contribution in [1.82, 2.24) is 19.8 Å². The van der Waals surface area contributed by atoms with Crippen LogP contribution in [0, 0.1) is 6.92 Å². The smallest absolute Gasteiger partial charge is 0.260 e. The summed E-state index contributed by atoms with van der Waals surface area (Å²) in [5, 5.41) is 4.44. The molecular weight excluding hydrogens is 376 g/mol. The van der Waals surface area contributed by atoms with Crippen molar-refractivity contribution in [2.45, 2.75) is 60.2 Å². The van der Waals surface area contributed by atoms with Crippen LogP contribution in [0.15, 0.2) is 35.3 Å². The molecule has 0 saturated carbocycles. The summed E-state index contributed by atoms with van der Waals surface area (Å²) in [6.07, 6.45) is 1.64. The van der Waals surface area contributed by atoms with Crippen LogP contribution in [0.1, 0.15) is 50.5 Å². The summed E-state index contributed by atoms with van der Waals surface area (Å²) < 4.78 is 1.58. The highest BCUT2D eigenvalue weighted by Gasteiger charge is 2.20. The summed E-state index contributed by atoms with van der Waals surface area (Å²) in [5.41, 5.74) is 2.62. The Bertz CT molecular complexity index is 1130. The van der Waals surface area contributed by atoms with Crippen molar-refractivity contribution < 1.29 is 4.79 Å². The largest absolute Gasteiger partial charge is 0.350 e. The van der Waals surface area contributed by atoms with Gasteiger partial charge in [0.25, 0.3) is 11.5 Å². The molecule has 0 aliphatic heterocycles. The van der Waals surface area contributed by atoms with E-state index in [1.165, 1.54) is 0 Å². The SMILES string of the molecule is CCN(C(C)C)C(C)CNC(=O)c1cn(CC)c(=O)c2cc3cccc(C)c3nc12. The first-order valence-electron chi connectivity index (χ1n) is 10.8. The number of carbonyl (C=O) groups is 1. The van der Waals surface area contributed by atoms with Gasteiger partial charge in [-0.3, -0.25) is 14.5 Å². The number of hydrogen-bond acceptors (Lipinski definition) is 4. The predicted octanol–water partition coefficient (Wildman–Crippen LogP) is 3.73. The van der Waals surface area contributed by atoms with Gasteiger partial charge in [-0.2, -0.15) is 0 Å². The third-order valence-electron chi connectivity index (χ3n) is 5.82. The van der Waals surface area contributed by atoms with Gasteiger partial charge in [0.15, 0.2) is 0 Å². The second kappa shape index (κ2) is 8.96. The molecule has 3 aromatic rings. The first-order chi connectivity index (χ1) is 14.3. The normalized spacial score (nSPS) is 12.8. The van der Waals surface area contributed by atoms with Crippen LogP contribution in [-0.4, -0.2) is 45.5 Å². The monoisotopic (exact) mass is 408 g/mol. The highest BCUT2D eigenvalue weighted by atomic mass is 16.2. The molecule has 0 radical (unpaired) electrons. The first kappa shape index (κ1) is 22.0. The molecule has 1 amide bonds.